The fourth-order valence-electron chi connectivity index (χ4n) is 2.00. The highest BCUT2D eigenvalue weighted by Crippen LogP contribution is 2.18. The molecule has 0 unspecified atom stereocenters. The minimum atomic E-state index is -0.0400. The second-order valence-electron chi connectivity index (χ2n) is 4.86. The average Bonchev–Trinajstić information content (AvgIpc) is 2.43. The number of carbonyl (C=O) groups is 1. The summed E-state index contributed by atoms with van der Waals surface area (Å²) in [7, 11) is 1.78. The van der Waals surface area contributed by atoms with Gasteiger partial charge >= 0.3 is 0 Å². The van der Waals surface area contributed by atoms with Gasteiger partial charge in [-0.05, 0) is 42.3 Å². The van der Waals surface area contributed by atoms with Crippen molar-refractivity contribution in [1.29, 1.82) is 0 Å². The standard InChI is InChI=1S/C16H17ClN2O/c1-11-3-6-13(17)9-15(11)16(20)19(2)10-12-4-7-14(18)8-5-12/h3-9H,10,18H2,1-2H3. The van der Waals surface area contributed by atoms with E-state index >= 15 is 0 Å². The van der Waals surface area contributed by atoms with Crippen molar-refractivity contribution in [2.45, 2.75) is 13.5 Å². The smallest absolute Gasteiger partial charge is 0.254 e. The van der Waals surface area contributed by atoms with Crippen molar-refractivity contribution in [1.82, 2.24) is 4.90 Å². The first-order valence-electron chi connectivity index (χ1n) is 6.33. The van der Waals surface area contributed by atoms with E-state index in [1.54, 1.807) is 24.1 Å². The van der Waals surface area contributed by atoms with Gasteiger partial charge < -0.3 is 10.6 Å². The molecular formula is C16H17ClN2O. The molecule has 2 N–H and O–H groups in total. The van der Waals surface area contributed by atoms with Crippen LogP contribution in [-0.2, 0) is 6.54 Å². The summed E-state index contributed by atoms with van der Waals surface area (Å²) in [5.41, 5.74) is 8.96. The number of anilines is 1. The Morgan fingerprint density at radius 3 is 2.50 bits per heavy atom. The van der Waals surface area contributed by atoms with Gasteiger partial charge in [-0.15, -0.1) is 0 Å². The Kier molecular flexibility index (Phi) is 4.30. The van der Waals surface area contributed by atoms with Gasteiger partial charge in [0.15, 0.2) is 0 Å². The molecule has 0 fully saturated rings. The number of halogens is 1. The number of nitrogen functional groups attached to an aromatic ring is 1. The molecule has 0 saturated carbocycles. The van der Waals surface area contributed by atoms with Crippen molar-refractivity contribution in [3.05, 3.63) is 64.2 Å². The molecule has 0 aliphatic rings. The molecule has 2 rings (SSSR count). The number of aryl methyl sites for hydroxylation is 1. The van der Waals surface area contributed by atoms with Gasteiger partial charge in [-0.25, -0.2) is 0 Å². The van der Waals surface area contributed by atoms with Crippen LogP contribution in [0.1, 0.15) is 21.5 Å². The Balaban J connectivity index is 2.16. The third kappa shape index (κ3) is 3.31. The first kappa shape index (κ1) is 14.4. The SMILES string of the molecule is Cc1ccc(Cl)cc1C(=O)N(C)Cc1ccc(N)cc1. The van der Waals surface area contributed by atoms with Crippen LogP contribution >= 0.6 is 11.6 Å². The summed E-state index contributed by atoms with van der Waals surface area (Å²) in [6, 6.07) is 12.9. The lowest BCUT2D eigenvalue weighted by atomic mass is 10.1. The van der Waals surface area contributed by atoms with E-state index in [9.17, 15) is 4.79 Å². The van der Waals surface area contributed by atoms with E-state index in [4.69, 9.17) is 17.3 Å². The van der Waals surface area contributed by atoms with Gasteiger partial charge in [0.1, 0.15) is 0 Å². The van der Waals surface area contributed by atoms with E-state index in [0.717, 1.165) is 11.1 Å². The molecule has 0 saturated heterocycles. The summed E-state index contributed by atoms with van der Waals surface area (Å²) in [4.78, 5) is 14.1. The summed E-state index contributed by atoms with van der Waals surface area (Å²) >= 11 is 5.96. The van der Waals surface area contributed by atoms with E-state index in [1.807, 2.05) is 37.3 Å². The zero-order valence-electron chi connectivity index (χ0n) is 11.6. The molecule has 1 amide bonds. The summed E-state index contributed by atoms with van der Waals surface area (Å²) in [5.74, 6) is -0.0400. The van der Waals surface area contributed by atoms with Gasteiger partial charge in [-0.3, -0.25) is 4.79 Å². The number of nitrogens with two attached hydrogens (primary N) is 1. The predicted octanol–water partition coefficient (Wildman–Crippen LogP) is 3.50. The van der Waals surface area contributed by atoms with Crippen LogP contribution in [0.15, 0.2) is 42.5 Å². The van der Waals surface area contributed by atoms with Crippen LogP contribution in [0, 0.1) is 6.92 Å². The van der Waals surface area contributed by atoms with Crippen molar-refractivity contribution in [2.75, 3.05) is 12.8 Å². The maximum Gasteiger partial charge on any atom is 0.254 e. The number of hydrogen-bond acceptors (Lipinski definition) is 2. The number of hydrogen-bond donors (Lipinski definition) is 1. The van der Waals surface area contributed by atoms with E-state index in [2.05, 4.69) is 0 Å². The van der Waals surface area contributed by atoms with E-state index in [0.29, 0.717) is 22.8 Å². The lowest BCUT2D eigenvalue weighted by molar-refractivity contribution is 0.0784. The lowest BCUT2D eigenvalue weighted by Crippen LogP contribution is -2.26. The first-order chi connectivity index (χ1) is 9.47. The third-order valence-corrected chi connectivity index (χ3v) is 3.41. The van der Waals surface area contributed by atoms with Crippen molar-refractivity contribution in [3.63, 3.8) is 0 Å². The van der Waals surface area contributed by atoms with E-state index in [-0.39, 0.29) is 5.91 Å². The monoisotopic (exact) mass is 288 g/mol. The molecule has 20 heavy (non-hydrogen) atoms. The summed E-state index contributed by atoms with van der Waals surface area (Å²) in [6.07, 6.45) is 0. The Morgan fingerprint density at radius 1 is 1.20 bits per heavy atom. The topological polar surface area (TPSA) is 46.3 Å². The Bertz CT molecular complexity index is 623. The lowest BCUT2D eigenvalue weighted by Gasteiger charge is -2.18. The minimum absolute atomic E-state index is 0.0400. The molecule has 2 aromatic carbocycles. The molecular weight excluding hydrogens is 272 g/mol. The summed E-state index contributed by atoms with van der Waals surface area (Å²) in [6.45, 7) is 2.44. The summed E-state index contributed by atoms with van der Waals surface area (Å²) < 4.78 is 0. The fourth-order valence-corrected chi connectivity index (χ4v) is 2.17. The number of nitrogens with zero attached hydrogens (tertiary/aromatic N) is 1. The van der Waals surface area contributed by atoms with Crippen LogP contribution in [0.25, 0.3) is 0 Å². The quantitative estimate of drug-likeness (QED) is 0.879. The van der Waals surface area contributed by atoms with Crippen LogP contribution in [0.2, 0.25) is 5.02 Å². The highest BCUT2D eigenvalue weighted by molar-refractivity contribution is 6.31. The Morgan fingerprint density at radius 2 is 1.85 bits per heavy atom. The Labute approximate surface area is 124 Å². The highest BCUT2D eigenvalue weighted by atomic mass is 35.5. The number of amides is 1. The van der Waals surface area contributed by atoms with Gasteiger partial charge in [0.2, 0.25) is 0 Å². The van der Waals surface area contributed by atoms with Crippen molar-refractivity contribution >= 4 is 23.2 Å². The number of benzene rings is 2. The minimum Gasteiger partial charge on any atom is -0.399 e. The normalized spacial score (nSPS) is 10.3. The van der Waals surface area contributed by atoms with Gasteiger partial charge in [-0.1, -0.05) is 29.8 Å². The first-order valence-corrected chi connectivity index (χ1v) is 6.71. The van der Waals surface area contributed by atoms with Crippen LogP contribution in [0.3, 0.4) is 0 Å². The summed E-state index contributed by atoms with van der Waals surface area (Å²) in [5, 5.41) is 0.569. The van der Waals surface area contributed by atoms with Crippen molar-refractivity contribution < 1.29 is 4.79 Å². The number of rotatable bonds is 3. The van der Waals surface area contributed by atoms with Crippen LogP contribution in [0.4, 0.5) is 5.69 Å². The molecule has 0 aliphatic heterocycles. The molecule has 0 bridgehead atoms. The molecule has 104 valence electrons. The van der Waals surface area contributed by atoms with E-state index < -0.39 is 0 Å². The average molecular weight is 289 g/mol. The molecule has 3 nitrogen and oxygen atoms in total. The maximum atomic E-state index is 12.4. The van der Waals surface area contributed by atoms with Crippen molar-refractivity contribution in [3.8, 4) is 0 Å². The Hall–Kier alpha value is -2.00. The number of carbonyl (C=O) groups excluding carboxylic acids is 1. The second-order valence-corrected chi connectivity index (χ2v) is 5.30. The molecule has 0 aliphatic carbocycles. The molecule has 2 aromatic rings. The zero-order valence-corrected chi connectivity index (χ0v) is 12.3. The second kappa shape index (κ2) is 5.97. The van der Waals surface area contributed by atoms with Gasteiger partial charge in [0.05, 0.1) is 0 Å². The molecule has 0 heterocycles. The van der Waals surface area contributed by atoms with Crippen LogP contribution in [-0.4, -0.2) is 17.9 Å². The fraction of sp³-hybridized carbons (Fsp3) is 0.188. The van der Waals surface area contributed by atoms with Gasteiger partial charge in [0.25, 0.3) is 5.91 Å². The molecule has 0 atom stereocenters. The predicted molar refractivity (Wildman–Crippen MR) is 82.8 cm³/mol. The van der Waals surface area contributed by atoms with Gasteiger partial charge in [-0.2, -0.15) is 0 Å². The van der Waals surface area contributed by atoms with Crippen LogP contribution < -0.4 is 5.73 Å². The molecule has 4 heteroatoms. The molecule has 0 spiro atoms. The molecule has 0 aromatic heterocycles. The van der Waals surface area contributed by atoms with Crippen LogP contribution in [0.5, 0.6) is 0 Å². The molecule has 0 radical (unpaired) electrons. The van der Waals surface area contributed by atoms with E-state index in [1.165, 1.54) is 0 Å². The highest BCUT2D eigenvalue weighted by Gasteiger charge is 2.14. The van der Waals surface area contributed by atoms with Gasteiger partial charge in [0, 0.05) is 29.9 Å². The largest absolute Gasteiger partial charge is 0.399 e. The maximum absolute atomic E-state index is 12.4. The third-order valence-electron chi connectivity index (χ3n) is 3.18. The zero-order chi connectivity index (χ0) is 14.7. The van der Waals surface area contributed by atoms with Crippen molar-refractivity contribution in [2.24, 2.45) is 0 Å².